The van der Waals surface area contributed by atoms with Crippen LogP contribution < -0.4 is 0 Å². The highest BCUT2D eigenvalue weighted by atomic mass is 32.2. The second kappa shape index (κ2) is 7.73. The summed E-state index contributed by atoms with van der Waals surface area (Å²) in [6.45, 7) is 4.19. The number of amides is 1. The number of piperidine rings is 1. The summed E-state index contributed by atoms with van der Waals surface area (Å²) >= 11 is 0. The van der Waals surface area contributed by atoms with Crippen LogP contribution in [0.4, 0.5) is 0 Å². The van der Waals surface area contributed by atoms with Gasteiger partial charge in [0, 0.05) is 32.7 Å². The van der Waals surface area contributed by atoms with E-state index >= 15 is 0 Å². The molecule has 0 radical (unpaired) electrons. The van der Waals surface area contributed by atoms with Crippen molar-refractivity contribution < 1.29 is 26.2 Å². The quantitative estimate of drug-likeness (QED) is 0.651. The monoisotopic (exact) mass is 434 g/mol. The van der Waals surface area contributed by atoms with Crippen molar-refractivity contribution in [2.45, 2.75) is 44.0 Å². The first-order chi connectivity index (χ1) is 13.0. The molecule has 12 heteroatoms. The molecule has 0 saturated carbocycles. The number of hydrogen-bond donors (Lipinski definition) is 0. The predicted octanol–water partition coefficient (Wildman–Crippen LogP) is -0.0616. The van der Waals surface area contributed by atoms with E-state index in [-0.39, 0.29) is 42.7 Å². The zero-order chi connectivity index (χ0) is 20.7. The third kappa shape index (κ3) is 3.95. The second-order valence-electron chi connectivity index (χ2n) is 7.27. The molecule has 0 bridgehead atoms. The average molecular weight is 435 g/mol. The molecule has 0 aliphatic carbocycles. The average Bonchev–Trinajstić information content (AvgIpc) is 2.99. The van der Waals surface area contributed by atoms with E-state index in [4.69, 9.17) is 4.52 Å². The summed E-state index contributed by atoms with van der Waals surface area (Å²) in [6.07, 6.45) is 3.14. The lowest BCUT2D eigenvalue weighted by atomic mass is 10.0. The minimum Gasteiger partial charge on any atom is -0.360 e. The van der Waals surface area contributed by atoms with E-state index < -0.39 is 26.1 Å². The first kappa shape index (κ1) is 21.2. The molecule has 0 unspecified atom stereocenters. The summed E-state index contributed by atoms with van der Waals surface area (Å²) < 4.78 is 57.4. The minimum atomic E-state index is -3.76. The molecule has 2 saturated heterocycles. The van der Waals surface area contributed by atoms with Crippen LogP contribution in [0.5, 0.6) is 0 Å². The Bertz CT molecular complexity index is 928. The fourth-order valence-electron chi connectivity index (χ4n) is 3.88. The summed E-state index contributed by atoms with van der Waals surface area (Å²) in [7, 11) is -7.22. The SMILES string of the molecule is Cc1noc(C)c1S(=O)(=O)N1CCN(C(=O)[C@H]2CCCCN2S(C)(=O)=O)CC1. The molecule has 158 valence electrons. The Morgan fingerprint density at radius 1 is 1.04 bits per heavy atom. The lowest BCUT2D eigenvalue weighted by molar-refractivity contribution is -0.137. The van der Waals surface area contributed by atoms with Crippen molar-refractivity contribution in [3.05, 3.63) is 11.5 Å². The van der Waals surface area contributed by atoms with E-state index in [0.29, 0.717) is 18.7 Å². The fourth-order valence-corrected chi connectivity index (χ4v) is 6.71. The summed E-state index contributed by atoms with van der Waals surface area (Å²) in [5.74, 6) is -0.0125. The van der Waals surface area contributed by atoms with E-state index in [2.05, 4.69) is 5.16 Å². The first-order valence-corrected chi connectivity index (χ1v) is 12.5. The normalized spacial score (nSPS) is 23.1. The Morgan fingerprint density at radius 2 is 1.68 bits per heavy atom. The van der Waals surface area contributed by atoms with Gasteiger partial charge in [-0.3, -0.25) is 4.79 Å². The number of piperazine rings is 1. The maximum Gasteiger partial charge on any atom is 0.248 e. The van der Waals surface area contributed by atoms with Crippen molar-refractivity contribution in [2.75, 3.05) is 39.0 Å². The fraction of sp³-hybridized carbons (Fsp3) is 0.750. The van der Waals surface area contributed by atoms with Gasteiger partial charge < -0.3 is 9.42 Å². The molecular formula is C16H26N4O6S2. The Labute approximate surface area is 165 Å². The number of nitrogens with zero attached hydrogens (tertiary/aromatic N) is 4. The zero-order valence-corrected chi connectivity index (χ0v) is 17.9. The number of carbonyl (C=O) groups is 1. The van der Waals surface area contributed by atoms with Crippen LogP contribution in [0.25, 0.3) is 0 Å². The van der Waals surface area contributed by atoms with E-state index in [0.717, 1.165) is 19.1 Å². The van der Waals surface area contributed by atoms with Crippen LogP contribution >= 0.6 is 0 Å². The molecule has 1 aromatic heterocycles. The summed E-state index contributed by atoms with van der Waals surface area (Å²) in [4.78, 5) is 14.6. The highest BCUT2D eigenvalue weighted by Gasteiger charge is 2.39. The van der Waals surface area contributed by atoms with Gasteiger partial charge in [-0.25, -0.2) is 16.8 Å². The van der Waals surface area contributed by atoms with E-state index in [1.165, 1.54) is 8.61 Å². The molecule has 2 fully saturated rings. The van der Waals surface area contributed by atoms with Gasteiger partial charge >= 0.3 is 0 Å². The Balaban J connectivity index is 1.70. The van der Waals surface area contributed by atoms with Crippen LogP contribution in [0.1, 0.15) is 30.7 Å². The number of hydrogen-bond acceptors (Lipinski definition) is 7. The Hall–Kier alpha value is -1.50. The molecule has 10 nitrogen and oxygen atoms in total. The van der Waals surface area contributed by atoms with Crippen molar-refractivity contribution >= 4 is 26.0 Å². The zero-order valence-electron chi connectivity index (χ0n) is 16.3. The van der Waals surface area contributed by atoms with Crippen molar-refractivity contribution in [1.29, 1.82) is 0 Å². The standard InChI is InChI=1S/C16H26N4O6S2/c1-12-15(13(2)26-17-12)28(24,25)19-10-8-18(9-11-19)16(21)14-6-4-5-7-20(14)27(3,22)23/h14H,4-11H2,1-3H3/t14-/m1/s1. The highest BCUT2D eigenvalue weighted by molar-refractivity contribution is 7.89. The summed E-state index contributed by atoms with van der Waals surface area (Å²) in [6, 6.07) is -0.700. The molecule has 0 aromatic carbocycles. The summed E-state index contributed by atoms with van der Waals surface area (Å²) in [5.41, 5.74) is 0.307. The number of sulfonamides is 2. The van der Waals surface area contributed by atoms with E-state index in [9.17, 15) is 21.6 Å². The van der Waals surface area contributed by atoms with Gasteiger partial charge in [0.05, 0.1) is 6.26 Å². The van der Waals surface area contributed by atoms with Crippen LogP contribution in [0.15, 0.2) is 9.42 Å². The third-order valence-electron chi connectivity index (χ3n) is 5.28. The van der Waals surface area contributed by atoms with Crippen LogP contribution in [0.2, 0.25) is 0 Å². The number of aromatic nitrogens is 1. The highest BCUT2D eigenvalue weighted by Crippen LogP contribution is 2.26. The molecule has 2 aliphatic rings. The molecule has 1 aromatic rings. The van der Waals surface area contributed by atoms with Gasteiger partial charge in [0.2, 0.25) is 26.0 Å². The van der Waals surface area contributed by atoms with Crippen molar-refractivity contribution in [1.82, 2.24) is 18.7 Å². The number of aryl methyl sites for hydroxylation is 2. The smallest absolute Gasteiger partial charge is 0.248 e. The van der Waals surface area contributed by atoms with Gasteiger partial charge in [-0.15, -0.1) is 0 Å². The van der Waals surface area contributed by atoms with Gasteiger partial charge in [0.25, 0.3) is 0 Å². The van der Waals surface area contributed by atoms with Crippen LogP contribution in [-0.4, -0.2) is 86.4 Å². The first-order valence-electron chi connectivity index (χ1n) is 9.22. The molecule has 0 N–H and O–H groups in total. The maximum absolute atomic E-state index is 12.9. The van der Waals surface area contributed by atoms with Gasteiger partial charge in [-0.2, -0.15) is 8.61 Å². The number of rotatable bonds is 4. The Kier molecular flexibility index (Phi) is 5.86. The van der Waals surface area contributed by atoms with Gasteiger partial charge in [-0.1, -0.05) is 11.6 Å². The number of carbonyl (C=O) groups excluding carboxylic acids is 1. The van der Waals surface area contributed by atoms with Crippen molar-refractivity contribution in [3.8, 4) is 0 Å². The van der Waals surface area contributed by atoms with Crippen molar-refractivity contribution in [2.24, 2.45) is 0 Å². The van der Waals surface area contributed by atoms with Gasteiger partial charge in [-0.05, 0) is 26.7 Å². The van der Waals surface area contributed by atoms with Gasteiger partial charge in [0.15, 0.2) is 5.76 Å². The van der Waals surface area contributed by atoms with Crippen LogP contribution in [-0.2, 0) is 24.8 Å². The van der Waals surface area contributed by atoms with E-state index in [1.54, 1.807) is 18.7 Å². The Morgan fingerprint density at radius 3 is 2.21 bits per heavy atom. The third-order valence-corrected chi connectivity index (χ3v) is 8.71. The molecule has 28 heavy (non-hydrogen) atoms. The molecule has 3 rings (SSSR count). The van der Waals surface area contributed by atoms with Crippen molar-refractivity contribution in [3.63, 3.8) is 0 Å². The minimum absolute atomic E-state index is 0.0720. The van der Waals surface area contributed by atoms with E-state index in [1.807, 2.05) is 0 Å². The molecule has 3 heterocycles. The lowest BCUT2D eigenvalue weighted by Crippen LogP contribution is -2.57. The van der Waals surface area contributed by atoms with Crippen LogP contribution in [0.3, 0.4) is 0 Å². The maximum atomic E-state index is 12.9. The molecule has 2 aliphatic heterocycles. The van der Waals surface area contributed by atoms with Gasteiger partial charge in [0.1, 0.15) is 16.6 Å². The lowest BCUT2D eigenvalue weighted by Gasteiger charge is -2.39. The summed E-state index contributed by atoms with van der Waals surface area (Å²) in [5, 5.41) is 3.71. The molecule has 1 atom stereocenters. The predicted molar refractivity (Wildman–Crippen MR) is 101 cm³/mol. The van der Waals surface area contributed by atoms with Crippen LogP contribution in [0, 0.1) is 13.8 Å². The largest absolute Gasteiger partial charge is 0.360 e. The molecule has 1 amide bonds. The molecule has 0 spiro atoms. The molecular weight excluding hydrogens is 408 g/mol. The second-order valence-corrected chi connectivity index (χ2v) is 11.1. The topological polar surface area (TPSA) is 121 Å².